The number of hydrogen-bond donors (Lipinski definition) is 1. The van der Waals surface area contributed by atoms with E-state index in [0.29, 0.717) is 25.1 Å². The van der Waals surface area contributed by atoms with Crippen LogP contribution in [-0.4, -0.2) is 38.3 Å². The van der Waals surface area contributed by atoms with Gasteiger partial charge in [-0.3, -0.25) is 4.79 Å². The van der Waals surface area contributed by atoms with E-state index >= 15 is 0 Å². The average molecular weight is 447 g/mol. The highest BCUT2D eigenvalue weighted by Crippen LogP contribution is 2.29. The highest BCUT2D eigenvalue weighted by Gasteiger charge is 2.31. The molecule has 1 N–H and O–H groups in total. The molecule has 0 spiro atoms. The molecule has 1 amide bonds. The molecule has 0 aliphatic carbocycles. The summed E-state index contributed by atoms with van der Waals surface area (Å²) in [7, 11) is -3.71. The van der Waals surface area contributed by atoms with E-state index in [1.807, 2.05) is 0 Å². The van der Waals surface area contributed by atoms with Gasteiger partial charge in [0, 0.05) is 19.6 Å². The van der Waals surface area contributed by atoms with E-state index in [0.717, 1.165) is 42.7 Å². The molecule has 1 aromatic heterocycles. The minimum absolute atomic E-state index is 0.0106. The topological polar surface area (TPSA) is 66.5 Å². The highest BCUT2D eigenvalue weighted by atomic mass is 32.2. The Kier molecular flexibility index (Phi) is 6.65. The number of carbonyl (C=O) groups excluding carboxylic acids is 1. The lowest BCUT2D eigenvalue weighted by Gasteiger charge is -2.25. The molecule has 158 valence electrons. The van der Waals surface area contributed by atoms with Crippen molar-refractivity contribution in [3.05, 3.63) is 51.7 Å². The number of nitrogens with one attached hydrogen (secondary N) is 1. The fraction of sp³-hybridized carbons (Fsp3) is 0.421. The molecule has 10 heteroatoms. The second kappa shape index (κ2) is 8.85. The maximum absolute atomic E-state index is 12.8. The summed E-state index contributed by atoms with van der Waals surface area (Å²) in [6.45, 7) is 1.09. The van der Waals surface area contributed by atoms with Crippen LogP contribution < -0.4 is 5.32 Å². The first-order valence-electron chi connectivity index (χ1n) is 9.21. The number of piperidine rings is 1. The molecular weight excluding hydrogens is 425 g/mol. The number of amides is 1. The SMILES string of the molecule is O=C(NCCc1ccc(C(F)(F)F)cc1)c1sccc1S(=O)(=O)N1CCCCC1. The summed E-state index contributed by atoms with van der Waals surface area (Å²) >= 11 is 1.06. The van der Waals surface area contributed by atoms with Gasteiger partial charge in [-0.2, -0.15) is 17.5 Å². The molecule has 1 aliphatic rings. The third-order valence-electron chi connectivity index (χ3n) is 4.75. The van der Waals surface area contributed by atoms with Gasteiger partial charge in [-0.1, -0.05) is 18.6 Å². The molecule has 0 unspecified atom stereocenters. The largest absolute Gasteiger partial charge is 0.416 e. The predicted octanol–water partition coefficient (Wildman–Crippen LogP) is 3.91. The molecule has 0 radical (unpaired) electrons. The van der Waals surface area contributed by atoms with Gasteiger partial charge in [0.15, 0.2) is 0 Å². The highest BCUT2D eigenvalue weighted by molar-refractivity contribution is 7.89. The second-order valence-corrected chi connectivity index (χ2v) is 9.60. The molecule has 1 aromatic carbocycles. The molecule has 0 saturated carbocycles. The number of sulfonamides is 1. The van der Waals surface area contributed by atoms with Crippen LogP contribution >= 0.6 is 11.3 Å². The zero-order valence-electron chi connectivity index (χ0n) is 15.5. The lowest BCUT2D eigenvalue weighted by molar-refractivity contribution is -0.137. The van der Waals surface area contributed by atoms with Crippen LogP contribution in [0.15, 0.2) is 40.6 Å². The Balaban J connectivity index is 1.61. The standard InChI is InChI=1S/C19H21F3N2O3S2/c20-19(21,22)15-6-4-14(5-7-15)8-10-23-18(25)17-16(9-13-28-17)29(26,27)24-11-2-1-3-12-24/h4-7,9,13H,1-3,8,10-12H2,(H,23,25). The van der Waals surface area contributed by atoms with Gasteiger partial charge < -0.3 is 5.32 Å². The number of carbonyl (C=O) groups is 1. The van der Waals surface area contributed by atoms with Crippen molar-refractivity contribution in [2.45, 2.75) is 36.8 Å². The number of thiophene rings is 1. The van der Waals surface area contributed by atoms with Crippen molar-refractivity contribution in [1.29, 1.82) is 0 Å². The van der Waals surface area contributed by atoms with Gasteiger partial charge in [0.05, 0.1) is 5.56 Å². The zero-order valence-corrected chi connectivity index (χ0v) is 17.2. The van der Waals surface area contributed by atoms with Gasteiger partial charge in [-0.05, 0) is 48.4 Å². The number of alkyl halides is 3. The molecule has 29 heavy (non-hydrogen) atoms. The summed E-state index contributed by atoms with van der Waals surface area (Å²) in [6, 6.07) is 6.18. The van der Waals surface area contributed by atoms with Crippen LogP contribution in [0.3, 0.4) is 0 Å². The Morgan fingerprint density at radius 1 is 1.07 bits per heavy atom. The number of nitrogens with zero attached hydrogens (tertiary/aromatic N) is 1. The Morgan fingerprint density at radius 3 is 2.34 bits per heavy atom. The molecule has 0 bridgehead atoms. The van der Waals surface area contributed by atoms with Crippen LogP contribution in [0.2, 0.25) is 0 Å². The molecule has 1 fully saturated rings. The molecule has 2 aromatic rings. The van der Waals surface area contributed by atoms with E-state index in [1.54, 1.807) is 5.38 Å². The van der Waals surface area contributed by atoms with E-state index in [4.69, 9.17) is 0 Å². The number of halogens is 3. The van der Waals surface area contributed by atoms with Crippen molar-refractivity contribution in [2.75, 3.05) is 19.6 Å². The maximum atomic E-state index is 12.8. The van der Waals surface area contributed by atoms with E-state index in [9.17, 15) is 26.4 Å². The van der Waals surface area contributed by atoms with Crippen LogP contribution in [-0.2, 0) is 22.6 Å². The number of rotatable bonds is 6. The van der Waals surface area contributed by atoms with Gasteiger partial charge in [0.1, 0.15) is 9.77 Å². The van der Waals surface area contributed by atoms with E-state index in [-0.39, 0.29) is 16.3 Å². The van der Waals surface area contributed by atoms with Gasteiger partial charge >= 0.3 is 6.18 Å². The van der Waals surface area contributed by atoms with Crippen LogP contribution in [0.25, 0.3) is 0 Å². The summed E-state index contributed by atoms with van der Waals surface area (Å²) < 4.78 is 64.9. The lowest BCUT2D eigenvalue weighted by atomic mass is 10.1. The van der Waals surface area contributed by atoms with Gasteiger partial charge in [0.25, 0.3) is 5.91 Å². The summed E-state index contributed by atoms with van der Waals surface area (Å²) in [4.78, 5) is 12.6. The van der Waals surface area contributed by atoms with Crippen LogP contribution in [0.5, 0.6) is 0 Å². The quantitative estimate of drug-likeness (QED) is 0.732. The predicted molar refractivity (Wildman–Crippen MR) is 104 cm³/mol. The van der Waals surface area contributed by atoms with Gasteiger partial charge in [0.2, 0.25) is 10.0 Å². The van der Waals surface area contributed by atoms with Crippen LogP contribution in [0.4, 0.5) is 13.2 Å². The molecule has 0 atom stereocenters. The van der Waals surface area contributed by atoms with Crippen molar-refractivity contribution in [1.82, 2.24) is 9.62 Å². The molecule has 1 saturated heterocycles. The average Bonchev–Trinajstić information content (AvgIpc) is 3.19. The zero-order chi connectivity index (χ0) is 21.1. The van der Waals surface area contributed by atoms with Gasteiger partial charge in [-0.15, -0.1) is 11.3 Å². The Morgan fingerprint density at radius 2 is 1.72 bits per heavy atom. The smallest absolute Gasteiger partial charge is 0.351 e. The normalized spacial score (nSPS) is 16.0. The monoisotopic (exact) mass is 446 g/mol. The van der Waals surface area contributed by atoms with Crippen molar-refractivity contribution in [3.8, 4) is 0 Å². The van der Waals surface area contributed by atoms with Crippen LogP contribution in [0, 0.1) is 0 Å². The molecule has 5 nitrogen and oxygen atoms in total. The first-order chi connectivity index (χ1) is 13.7. The van der Waals surface area contributed by atoms with Crippen molar-refractivity contribution in [3.63, 3.8) is 0 Å². The first kappa shape index (κ1) is 21.8. The third-order valence-corrected chi connectivity index (χ3v) is 7.73. The van der Waals surface area contributed by atoms with E-state index in [1.165, 1.54) is 22.5 Å². The fourth-order valence-corrected chi connectivity index (χ4v) is 6.01. The summed E-state index contributed by atoms with van der Waals surface area (Å²) in [5, 5.41) is 4.23. The Bertz CT molecular complexity index is 948. The Labute approximate surface area is 171 Å². The molecule has 3 rings (SSSR count). The molecule has 1 aliphatic heterocycles. The Hall–Kier alpha value is -1.91. The fourth-order valence-electron chi connectivity index (χ4n) is 3.17. The van der Waals surface area contributed by atoms with Crippen LogP contribution in [0.1, 0.15) is 40.1 Å². The van der Waals surface area contributed by atoms with Gasteiger partial charge in [-0.25, -0.2) is 8.42 Å². The summed E-state index contributed by atoms with van der Waals surface area (Å²) in [6.07, 6.45) is -1.45. The molecular formula is C19H21F3N2O3S2. The van der Waals surface area contributed by atoms with E-state index in [2.05, 4.69) is 5.32 Å². The number of hydrogen-bond acceptors (Lipinski definition) is 4. The third kappa shape index (κ3) is 5.18. The summed E-state index contributed by atoms with van der Waals surface area (Å²) in [5.41, 5.74) is -0.0814. The second-order valence-electron chi connectivity index (χ2n) is 6.78. The summed E-state index contributed by atoms with van der Waals surface area (Å²) in [5.74, 6) is -0.498. The van der Waals surface area contributed by atoms with Crippen molar-refractivity contribution < 1.29 is 26.4 Å². The van der Waals surface area contributed by atoms with E-state index < -0.39 is 27.7 Å². The van der Waals surface area contributed by atoms with Crippen molar-refractivity contribution >= 4 is 27.3 Å². The lowest BCUT2D eigenvalue weighted by Crippen LogP contribution is -2.36. The minimum atomic E-state index is -4.39. The maximum Gasteiger partial charge on any atom is 0.416 e. The first-order valence-corrected chi connectivity index (χ1v) is 11.5. The molecule has 2 heterocycles. The minimum Gasteiger partial charge on any atom is -0.351 e. The van der Waals surface area contributed by atoms with Crippen molar-refractivity contribution in [2.24, 2.45) is 0 Å². The number of benzene rings is 1.